The van der Waals surface area contributed by atoms with E-state index in [-0.39, 0.29) is 12.8 Å². The average Bonchev–Trinajstić information content (AvgIpc) is 2.52. The van der Waals surface area contributed by atoms with Crippen molar-refractivity contribution in [3.8, 4) is 0 Å². The summed E-state index contributed by atoms with van der Waals surface area (Å²) in [4.78, 5) is 1.93. The number of hydrogen-bond donors (Lipinski definition) is 4. The van der Waals surface area contributed by atoms with Crippen LogP contribution in [0.4, 0.5) is 5.69 Å². The van der Waals surface area contributed by atoms with Crippen molar-refractivity contribution in [3.05, 3.63) is 78.2 Å². The predicted octanol–water partition coefficient (Wildman–Crippen LogP) is 1.54. The molecule has 0 fully saturated rings. The molecule has 5 nitrogen and oxygen atoms in total. The Balaban J connectivity index is 1.97. The van der Waals surface area contributed by atoms with Gasteiger partial charge in [0.25, 0.3) is 0 Å². The Morgan fingerprint density at radius 2 is 1.22 bits per heavy atom. The molecule has 0 amide bonds. The van der Waals surface area contributed by atoms with Crippen molar-refractivity contribution in [1.29, 1.82) is 0 Å². The smallest absolute Gasteiger partial charge is 0.186 e. The van der Waals surface area contributed by atoms with Crippen LogP contribution in [0.1, 0.15) is 12.8 Å². The standard InChI is InChI=1S/C18H19NO4/c20-17(21)10-6-15(7-11-17)19(14-4-2-1-3-5-14)16-8-12-18(22,23)13-9-16/h1-10,12,20-23H,11,13H2. The molecule has 0 atom stereocenters. The summed E-state index contributed by atoms with van der Waals surface area (Å²) >= 11 is 0. The zero-order valence-corrected chi connectivity index (χ0v) is 12.5. The number of allylic oxidation sites excluding steroid dienone is 2. The van der Waals surface area contributed by atoms with E-state index < -0.39 is 11.6 Å². The van der Waals surface area contributed by atoms with Crippen molar-refractivity contribution in [2.24, 2.45) is 0 Å². The van der Waals surface area contributed by atoms with E-state index in [9.17, 15) is 20.4 Å². The first-order valence-electron chi connectivity index (χ1n) is 7.40. The number of benzene rings is 1. The Labute approximate surface area is 134 Å². The molecule has 0 bridgehead atoms. The van der Waals surface area contributed by atoms with Crippen LogP contribution in [0.15, 0.2) is 78.2 Å². The Morgan fingerprint density at radius 1 is 0.739 bits per heavy atom. The fourth-order valence-electron chi connectivity index (χ4n) is 2.58. The highest BCUT2D eigenvalue weighted by Gasteiger charge is 2.27. The monoisotopic (exact) mass is 313 g/mol. The summed E-state index contributed by atoms with van der Waals surface area (Å²) in [6, 6.07) is 9.60. The van der Waals surface area contributed by atoms with Crippen LogP contribution in [0.25, 0.3) is 0 Å². The summed E-state index contributed by atoms with van der Waals surface area (Å²) < 4.78 is 0. The van der Waals surface area contributed by atoms with Crippen LogP contribution in [0, 0.1) is 0 Å². The van der Waals surface area contributed by atoms with Crippen molar-refractivity contribution >= 4 is 5.69 Å². The van der Waals surface area contributed by atoms with Crippen molar-refractivity contribution in [2.45, 2.75) is 24.4 Å². The molecule has 0 saturated carbocycles. The van der Waals surface area contributed by atoms with Gasteiger partial charge in [-0.25, -0.2) is 0 Å². The van der Waals surface area contributed by atoms with Gasteiger partial charge in [-0.3, -0.25) is 0 Å². The summed E-state index contributed by atoms with van der Waals surface area (Å²) in [5, 5.41) is 38.5. The van der Waals surface area contributed by atoms with E-state index in [4.69, 9.17) is 0 Å². The van der Waals surface area contributed by atoms with Crippen molar-refractivity contribution < 1.29 is 20.4 Å². The van der Waals surface area contributed by atoms with Crippen molar-refractivity contribution in [2.75, 3.05) is 4.90 Å². The lowest BCUT2D eigenvalue weighted by Gasteiger charge is -2.32. The molecule has 1 aromatic carbocycles. The van der Waals surface area contributed by atoms with E-state index >= 15 is 0 Å². The van der Waals surface area contributed by atoms with Gasteiger partial charge in [0.2, 0.25) is 0 Å². The normalized spacial score (nSPS) is 21.6. The number of nitrogens with zero attached hydrogens (tertiary/aromatic N) is 1. The van der Waals surface area contributed by atoms with Gasteiger partial charge in [0.15, 0.2) is 11.6 Å². The molecular weight excluding hydrogens is 294 g/mol. The third kappa shape index (κ3) is 3.60. The van der Waals surface area contributed by atoms with Crippen LogP contribution in [-0.2, 0) is 0 Å². The highest BCUT2D eigenvalue weighted by Crippen LogP contribution is 2.32. The average molecular weight is 313 g/mol. The maximum Gasteiger partial charge on any atom is 0.186 e. The first-order chi connectivity index (χ1) is 10.9. The van der Waals surface area contributed by atoms with E-state index in [0.29, 0.717) is 0 Å². The summed E-state index contributed by atoms with van der Waals surface area (Å²) in [6.45, 7) is 0. The largest absolute Gasteiger partial charge is 0.362 e. The number of hydrogen-bond acceptors (Lipinski definition) is 5. The SMILES string of the molecule is OC1(O)C=CC(N(C2=CCC(O)(O)C=C2)c2ccccc2)=CC1. The van der Waals surface area contributed by atoms with Crippen molar-refractivity contribution in [1.82, 2.24) is 0 Å². The van der Waals surface area contributed by atoms with Crippen LogP contribution in [0.5, 0.6) is 0 Å². The highest BCUT2D eigenvalue weighted by atomic mass is 16.5. The summed E-state index contributed by atoms with van der Waals surface area (Å²) in [5.41, 5.74) is 2.47. The lowest BCUT2D eigenvalue weighted by atomic mass is 10.0. The van der Waals surface area contributed by atoms with Crippen LogP contribution in [-0.4, -0.2) is 32.0 Å². The molecule has 4 N–H and O–H groups in total. The van der Waals surface area contributed by atoms with E-state index in [2.05, 4.69) is 0 Å². The maximum absolute atomic E-state index is 9.63. The molecule has 0 aliphatic heterocycles. The Kier molecular flexibility index (Phi) is 3.95. The quantitative estimate of drug-likeness (QED) is 0.636. The van der Waals surface area contributed by atoms with Gasteiger partial charge < -0.3 is 25.3 Å². The van der Waals surface area contributed by atoms with Crippen LogP contribution in [0.3, 0.4) is 0 Å². The van der Waals surface area contributed by atoms with E-state index in [1.54, 1.807) is 24.3 Å². The molecule has 1 aromatic rings. The topological polar surface area (TPSA) is 84.2 Å². The van der Waals surface area contributed by atoms with E-state index in [0.717, 1.165) is 17.1 Å². The van der Waals surface area contributed by atoms with Gasteiger partial charge in [0.1, 0.15) is 0 Å². The second-order valence-electron chi connectivity index (χ2n) is 5.76. The summed E-state index contributed by atoms with van der Waals surface area (Å²) in [7, 11) is 0. The third-order valence-electron chi connectivity index (χ3n) is 3.80. The van der Waals surface area contributed by atoms with Crippen molar-refractivity contribution in [3.63, 3.8) is 0 Å². The maximum atomic E-state index is 9.63. The first kappa shape index (κ1) is 15.7. The highest BCUT2D eigenvalue weighted by molar-refractivity contribution is 5.63. The van der Waals surface area contributed by atoms with Gasteiger partial charge >= 0.3 is 0 Å². The molecule has 0 saturated heterocycles. The second-order valence-corrected chi connectivity index (χ2v) is 5.76. The van der Waals surface area contributed by atoms with Gasteiger partial charge in [-0.1, -0.05) is 30.4 Å². The van der Waals surface area contributed by atoms with Gasteiger partial charge in [-0.05, 0) is 36.4 Å². The molecule has 23 heavy (non-hydrogen) atoms. The molecule has 0 radical (unpaired) electrons. The zero-order valence-electron chi connectivity index (χ0n) is 12.5. The number of aliphatic hydroxyl groups is 4. The molecule has 0 aromatic heterocycles. The Hall–Kier alpha value is -2.18. The predicted molar refractivity (Wildman–Crippen MR) is 86.9 cm³/mol. The van der Waals surface area contributed by atoms with Gasteiger partial charge in [0, 0.05) is 29.9 Å². The van der Waals surface area contributed by atoms with Crippen LogP contribution >= 0.6 is 0 Å². The number of para-hydroxylation sites is 1. The van der Waals surface area contributed by atoms with Gasteiger partial charge in [-0.15, -0.1) is 0 Å². The third-order valence-corrected chi connectivity index (χ3v) is 3.80. The fourth-order valence-corrected chi connectivity index (χ4v) is 2.58. The molecule has 0 heterocycles. The van der Waals surface area contributed by atoms with Crippen LogP contribution in [0.2, 0.25) is 0 Å². The Bertz CT molecular complexity index is 657. The van der Waals surface area contributed by atoms with Gasteiger partial charge in [-0.2, -0.15) is 0 Å². The van der Waals surface area contributed by atoms with Crippen LogP contribution < -0.4 is 4.90 Å². The van der Waals surface area contributed by atoms with E-state index in [1.807, 2.05) is 35.2 Å². The number of rotatable bonds is 3. The molecular formula is C18H19NO4. The minimum absolute atomic E-state index is 0.0864. The van der Waals surface area contributed by atoms with Gasteiger partial charge in [0.05, 0.1) is 0 Å². The second kappa shape index (κ2) is 5.79. The molecule has 0 spiro atoms. The molecule has 5 heteroatoms. The fraction of sp³-hybridized carbons (Fsp3) is 0.222. The number of anilines is 1. The summed E-state index contributed by atoms with van der Waals surface area (Å²) in [6.07, 6.45) is 9.62. The molecule has 0 unspecified atom stereocenters. The summed E-state index contributed by atoms with van der Waals surface area (Å²) in [5.74, 6) is -3.65. The minimum Gasteiger partial charge on any atom is -0.362 e. The lowest BCUT2D eigenvalue weighted by molar-refractivity contribution is -0.115. The zero-order chi connectivity index (χ0) is 16.5. The first-order valence-corrected chi connectivity index (χ1v) is 7.40. The molecule has 2 aliphatic carbocycles. The molecule has 2 aliphatic rings. The molecule has 120 valence electrons. The Morgan fingerprint density at radius 3 is 1.61 bits per heavy atom. The lowest BCUT2D eigenvalue weighted by Crippen LogP contribution is -2.31. The molecule has 3 rings (SSSR count). The van der Waals surface area contributed by atoms with E-state index in [1.165, 1.54) is 12.2 Å². The minimum atomic E-state index is -1.83.